The van der Waals surface area contributed by atoms with E-state index in [1.54, 1.807) is 24.6 Å². The van der Waals surface area contributed by atoms with E-state index in [0.29, 0.717) is 13.2 Å². The molecule has 1 unspecified atom stereocenters. The van der Waals surface area contributed by atoms with Crippen molar-refractivity contribution in [2.24, 2.45) is 5.73 Å². The number of nitrogens with two attached hydrogens (primary N) is 1. The van der Waals surface area contributed by atoms with E-state index in [-0.39, 0.29) is 6.04 Å². The van der Waals surface area contributed by atoms with Crippen LogP contribution in [-0.2, 0) is 11.3 Å². The van der Waals surface area contributed by atoms with Crippen LogP contribution in [0.5, 0.6) is 0 Å². The molecule has 0 radical (unpaired) electrons. The molecule has 1 atom stereocenters. The highest BCUT2D eigenvalue weighted by molar-refractivity contribution is 14.1. The van der Waals surface area contributed by atoms with Gasteiger partial charge in [0.2, 0.25) is 0 Å². The highest BCUT2D eigenvalue weighted by Gasteiger charge is 2.19. The Morgan fingerprint density at radius 1 is 1.67 bits per heavy atom. The summed E-state index contributed by atoms with van der Waals surface area (Å²) in [5.74, 6) is 0. The van der Waals surface area contributed by atoms with Crippen molar-refractivity contribution in [3.63, 3.8) is 0 Å². The third kappa shape index (κ3) is 3.13. The van der Waals surface area contributed by atoms with Crippen molar-refractivity contribution < 1.29 is 4.74 Å². The van der Waals surface area contributed by atoms with Gasteiger partial charge in [-0.05, 0) is 55.5 Å². The SMILES string of the molecule is COCCn1ncc(Br)c1C(N)c1csc(I)c1. The molecule has 7 heteroatoms. The molecule has 0 amide bonds. The van der Waals surface area contributed by atoms with Crippen LogP contribution in [0, 0.1) is 2.88 Å². The number of thiophene rings is 1. The number of ether oxygens (including phenoxy) is 1. The Labute approximate surface area is 132 Å². The minimum atomic E-state index is -0.168. The summed E-state index contributed by atoms with van der Waals surface area (Å²) in [6.45, 7) is 1.32. The van der Waals surface area contributed by atoms with Gasteiger partial charge in [0.05, 0.1) is 38.4 Å². The molecule has 0 saturated heterocycles. The van der Waals surface area contributed by atoms with E-state index in [1.807, 2.05) is 4.68 Å². The molecule has 0 bridgehead atoms. The second kappa shape index (κ2) is 6.47. The van der Waals surface area contributed by atoms with Gasteiger partial charge in [-0.2, -0.15) is 5.10 Å². The van der Waals surface area contributed by atoms with Crippen LogP contribution in [0.25, 0.3) is 0 Å². The smallest absolute Gasteiger partial charge is 0.0743 e. The lowest BCUT2D eigenvalue weighted by Gasteiger charge is -2.14. The molecule has 0 spiro atoms. The molecule has 0 aliphatic rings. The van der Waals surface area contributed by atoms with E-state index in [1.165, 1.54) is 2.88 Å². The third-order valence-corrected chi connectivity index (χ3v) is 5.00. The molecule has 18 heavy (non-hydrogen) atoms. The standard InChI is InChI=1S/C11H13BrIN3OS/c1-17-3-2-16-11(8(12)5-15-16)10(14)7-4-9(13)18-6-7/h4-6,10H,2-3,14H2,1H3. The zero-order valence-corrected chi connectivity index (χ0v) is 14.3. The van der Waals surface area contributed by atoms with Gasteiger partial charge < -0.3 is 10.5 Å². The van der Waals surface area contributed by atoms with Gasteiger partial charge in [-0.1, -0.05) is 0 Å². The first-order valence-electron chi connectivity index (χ1n) is 5.33. The zero-order chi connectivity index (χ0) is 13.1. The van der Waals surface area contributed by atoms with E-state index >= 15 is 0 Å². The van der Waals surface area contributed by atoms with E-state index in [9.17, 15) is 0 Å². The molecule has 2 rings (SSSR count). The number of hydrogen-bond acceptors (Lipinski definition) is 4. The Kier molecular flexibility index (Phi) is 5.19. The lowest BCUT2D eigenvalue weighted by atomic mass is 10.1. The molecule has 0 fully saturated rings. The van der Waals surface area contributed by atoms with Crippen molar-refractivity contribution in [1.82, 2.24) is 9.78 Å². The van der Waals surface area contributed by atoms with Gasteiger partial charge in [-0.3, -0.25) is 4.68 Å². The van der Waals surface area contributed by atoms with Gasteiger partial charge in [0, 0.05) is 7.11 Å². The van der Waals surface area contributed by atoms with Crippen LogP contribution in [0.2, 0.25) is 0 Å². The van der Waals surface area contributed by atoms with Crippen LogP contribution < -0.4 is 5.73 Å². The molecule has 98 valence electrons. The van der Waals surface area contributed by atoms with Crippen LogP contribution >= 0.6 is 49.9 Å². The molecule has 2 heterocycles. The lowest BCUT2D eigenvalue weighted by molar-refractivity contribution is 0.182. The number of aromatic nitrogens is 2. The van der Waals surface area contributed by atoms with E-state index in [4.69, 9.17) is 10.5 Å². The van der Waals surface area contributed by atoms with Crippen LogP contribution in [0.15, 0.2) is 22.1 Å². The fourth-order valence-corrected chi connectivity index (χ4v) is 3.63. The molecule has 0 aliphatic carbocycles. The molecule has 2 aromatic heterocycles. The normalized spacial score (nSPS) is 12.9. The number of hydrogen-bond donors (Lipinski definition) is 1. The summed E-state index contributed by atoms with van der Waals surface area (Å²) in [6.07, 6.45) is 1.78. The van der Waals surface area contributed by atoms with E-state index in [2.05, 4.69) is 55.1 Å². The summed E-state index contributed by atoms with van der Waals surface area (Å²) >= 11 is 7.51. The maximum absolute atomic E-state index is 6.32. The molecule has 0 aliphatic heterocycles. The predicted octanol–water partition coefficient (Wildman–Crippen LogP) is 3.01. The highest BCUT2D eigenvalue weighted by atomic mass is 127. The largest absolute Gasteiger partial charge is 0.383 e. The first-order chi connectivity index (χ1) is 8.63. The third-order valence-electron chi connectivity index (χ3n) is 2.58. The molecule has 4 nitrogen and oxygen atoms in total. The van der Waals surface area contributed by atoms with Crippen LogP contribution in [0.4, 0.5) is 0 Å². The average Bonchev–Trinajstić information content (AvgIpc) is 2.92. The fraction of sp³-hybridized carbons (Fsp3) is 0.364. The highest BCUT2D eigenvalue weighted by Crippen LogP contribution is 2.29. The van der Waals surface area contributed by atoms with Crippen molar-refractivity contribution >= 4 is 49.9 Å². The van der Waals surface area contributed by atoms with Gasteiger partial charge in [0.25, 0.3) is 0 Å². The molecular weight excluding hydrogens is 429 g/mol. The second-order valence-corrected chi connectivity index (χ2v) is 7.42. The van der Waals surface area contributed by atoms with Gasteiger partial charge in [-0.25, -0.2) is 0 Å². The van der Waals surface area contributed by atoms with Gasteiger partial charge in [0.1, 0.15) is 0 Å². The number of nitrogens with zero attached hydrogens (tertiary/aromatic N) is 2. The summed E-state index contributed by atoms with van der Waals surface area (Å²) in [4.78, 5) is 0. The summed E-state index contributed by atoms with van der Waals surface area (Å²) in [5.41, 5.74) is 8.42. The van der Waals surface area contributed by atoms with Crippen LogP contribution in [-0.4, -0.2) is 23.5 Å². The average molecular weight is 442 g/mol. The molecular formula is C11H13BrIN3OS. The number of methoxy groups -OCH3 is 1. The van der Waals surface area contributed by atoms with Crippen molar-refractivity contribution in [3.05, 3.63) is 36.3 Å². The van der Waals surface area contributed by atoms with E-state index < -0.39 is 0 Å². The van der Waals surface area contributed by atoms with Crippen molar-refractivity contribution in [2.75, 3.05) is 13.7 Å². The van der Waals surface area contributed by atoms with Gasteiger partial charge >= 0.3 is 0 Å². The summed E-state index contributed by atoms with van der Waals surface area (Å²) in [5, 5.41) is 6.41. The minimum Gasteiger partial charge on any atom is -0.383 e. The summed E-state index contributed by atoms with van der Waals surface area (Å²) in [6, 6.07) is 1.94. The molecule has 0 aromatic carbocycles. The monoisotopic (exact) mass is 441 g/mol. The number of halogens is 2. The first kappa shape index (κ1) is 14.4. The maximum atomic E-state index is 6.32. The Bertz CT molecular complexity index is 528. The maximum Gasteiger partial charge on any atom is 0.0743 e. The number of rotatable bonds is 5. The fourth-order valence-electron chi connectivity index (χ4n) is 1.68. The minimum absolute atomic E-state index is 0.168. The Hall–Kier alpha value is 0.0400. The molecule has 2 N–H and O–H groups in total. The van der Waals surface area contributed by atoms with Gasteiger partial charge in [-0.15, -0.1) is 11.3 Å². The Balaban J connectivity index is 2.28. The van der Waals surface area contributed by atoms with Crippen molar-refractivity contribution in [2.45, 2.75) is 12.6 Å². The van der Waals surface area contributed by atoms with E-state index in [0.717, 1.165) is 15.7 Å². The first-order valence-corrected chi connectivity index (χ1v) is 8.08. The predicted molar refractivity (Wildman–Crippen MR) is 84.9 cm³/mol. The summed E-state index contributed by atoms with van der Waals surface area (Å²) < 4.78 is 9.15. The molecule has 0 saturated carbocycles. The second-order valence-electron chi connectivity index (χ2n) is 3.76. The topological polar surface area (TPSA) is 53.1 Å². The quantitative estimate of drug-likeness (QED) is 0.725. The zero-order valence-electron chi connectivity index (χ0n) is 9.77. The van der Waals surface area contributed by atoms with Crippen LogP contribution in [0.1, 0.15) is 17.3 Å². The Morgan fingerprint density at radius 2 is 2.44 bits per heavy atom. The summed E-state index contributed by atoms with van der Waals surface area (Å²) in [7, 11) is 1.68. The molecule has 2 aromatic rings. The Morgan fingerprint density at radius 3 is 3.06 bits per heavy atom. The van der Waals surface area contributed by atoms with Gasteiger partial charge in [0.15, 0.2) is 0 Å². The van der Waals surface area contributed by atoms with Crippen LogP contribution in [0.3, 0.4) is 0 Å². The van der Waals surface area contributed by atoms with Crippen molar-refractivity contribution in [1.29, 1.82) is 0 Å². The van der Waals surface area contributed by atoms with Crippen molar-refractivity contribution in [3.8, 4) is 0 Å². The lowest BCUT2D eigenvalue weighted by Crippen LogP contribution is -2.19.